The van der Waals surface area contributed by atoms with Crippen LogP contribution in [-0.4, -0.2) is 11.9 Å². The van der Waals surface area contributed by atoms with Crippen molar-refractivity contribution >= 4 is 23.2 Å². The van der Waals surface area contributed by atoms with Crippen molar-refractivity contribution in [2.75, 3.05) is 5.32 Å². The summed E-state index contributed by atoms with van der Waals surface area (Å²) in [7, 11) is 0. The van der Waals surface area contributed by atoms with Crippen molar-refractivity contribution in [2.45, 2.75) is 18.9 Å². The molecule has 0 spiro atoms. The second kappa shape index (κ2) is 7.20. The molecule has 1 amide bonds. The predicted octanol–water partition coefficient (Wildman–Crippen LogP) is 3.38. The van der Waals surface area contributed by atoms with Crippen molar-refractivity contribution in [1.82, 2.24) is 0 Å². The third-order valence-corrected chi connectivity index (χ3v) is 3.34. The number of hydrogen-bond donors (Lipinski definition) is 2. The second-order valence-corrected chi connectivity index (χ2v) is 5.18. The molecule has 0 aliphatic rings. The van der Waals surface area contributed by atoms with Crippen LogP contribution >= 0.6 is 11.6 Å². The van der Waals surface area contributed by atoms with Gasteiger partial charge in [-0.2, -0.15) is 0 Å². The molecule has 0 saturated carbocycles. The van der Waals surface area contributed by atoms with Gasteiger partial charge in [-0.05, 0) is 36.6 Å². The molecular formula is C16H16ClFN2O. The minimum Gasteiger partial charge on any atom is -0.322 e. The molecule has 0 aromatic heterocycles. The summed E-state index contributed by atoms with van der Waals surface area (Å²) in [6.45, 7) is 0. The Morgan fingerprint density at radius 3 is 2.67 bits per heavy atom. The van der Waals surface area contributed by atoms with Gasteiger partial charge in [0, 0.05) is 5.02 Å². The van der Waals surface area contributed by atoms with Crippen molar-refractivity contribution in [3.8, 4) is 0 Å². The Morgan fingerprint density at radius 1 is 1.24 bits per heavy atom. The van der Waals surface area contributed by atoms with Gasteiger partial charge in [0.1, 0.15) is 5.82 Å². The summed E-state index contributed by atoms with van der Waals surface area (Å²) in [4.78, 5) is 12.0. The first kappa shape index (κ1) is 15.5. The maximum absolute atomic E-state index is 13.5. The highest BCUT2D eigenvalue weighted by molar-refractivity contribution is 6.30. The highest BCUT2D eigenvalue weighted by atomic mass is 35.5. The van der Waals surface area contributed by atoms with Crippen LogP contribution in [0.25, 0.3) is 0 Å². The Hall–Kier alpha value is -1.91. The van der Waals surface area contributed by atoms with E-state index in [1.807, 2.05) is 30.3 Å². The standard InChI is InChI=1S/C16H16ClFN2O/c17-12-7-8-13(18)15(10-12)20-16(21)14(19)9-6-11-4-2-1-3-5-11/h1-5,7-8,10,14H,6,9,19H2,(H,20,21). The van der Waals surface area contributed by atoms with Gasteiger partial charge in [0.25, 0.3) is 0 Å². The molecule has 3 N–H and O–H groups in total. The second-order valence-electron chi connectivity index (χ2n) is 4.74. The molecule has 3 nitrogen and oxygen atoms in total. The van der Waals surface area contributed by atoms with Crippen LogP contribution < -0.4 is 11.1 Å². The molecule has 0 bridgehead atoms. The number of nitrogens with one attached hydrogen (secondary N) is 1. The number of carbonyl (C=O) groups is 1. The highest BCUT2D eigenvalue weighted by Gasteiger charge is 2.15. The summed E-state index contributed by atoms with van der Waals surface area (Å²) in [5.74, 6) is -0.963. The van der Waals surface area contributed by atoms with E-state index in [0.717, 1.165) is 5.56 Å². The molecule has 0 fully saturated rings. The third-order valence-electron chi connectivity index (χ3n) is 3.11. The fourth-order valence-corrected chi connectivity index (χ4v) is 2.09. The van der Waals surface area contributed by atoms with Gasteiger partial charge in [0.2, 0.25) is 5.91 Å². The number of rotatable bonds is 5. The SMILES string of the molecule is NC(CCc1ccccc1)C(=O)Nc1cc(Cl)ccc1F. The molecule has 1 atom stereocenters. The monoisotopic (exact) mass is 306 g/mol. The lowest BCUT2D eigenvalue weighted by atomic mass is 10.1. The number of aryl methyl sites for hydroxylation is 1. The number of halogens is 2. The average molecular weight is 307 g/mol. The normalized spacial score (nSPS) is 12.0. The molecule has 0 saturated heterocycles. The van der Waals surface area contributed by atoms with E-state index in [1.54, 1.807) is 0 Å². The molecule has 2 rings (SSSR count). The van der Waals surface area contributed by atoms with Crippen LogP contribution in [0.15, 0.2) is 48.5 Å². The third kappa shape index (κ3) is 4.55. The Morgan fingerprint density at radius 2 is 1.95 bits per heavy atom. The van der Waals surface area contributed by atoms with E-state index in [0.29, 0.717) is 17.9 Å². The van der Waals surface area contributed by atoms with Gasteiger partial charge in [-0.1, -0.05) is 41.9 Å². The first-order chi connectivity index (χ1) is 10.1. The fourth-order valence-electron chi connectivity index (χ4n) is 1.92. The zero-order valence-electron chi connectivity index (χ0n) is 11.4. The Kier molecular flexibility index (Phi) is 5.31. The van der Waals surface area contributed by atoms with Gasteiger partial charge in [0.05, 0.1) is 11.7 Å². The number of anilines is 1. The quantitative estimate of drug-likeness (QED) is 0.890. The zero-order chi connectivity index (χ0) is 15.2. The van der Waals surface area contributed by atoms with Crippen LogP contribution in [0.3, 0.4) is 0 Å². The number of benzene rings is 2. The van der Waals surface area contributed by atoms with Gasteiger partial charge in [0.15, 0.2) is 0 Å². The summed E-state index contributed by atoms with van der Waals surface area (Å²) in [5.41, 5.74) is 6.98. The van der Waals surface area contributed by atoms with E-state index >= 15 is 0 Å². The molecule has 0 radical (unpaired) electrons. The van der Waals surface area contributed by atoms with Gasteiger partial charge in [-0.15, -0.1) is 0 Å². The van der Waals surface area contributed by atoms with Gasteiger partial charge in [-0.25, -0.2) is 4.39 Å². The minimum atomic E-state index is -0.705. The topological polar surface area (TPSA) is 55.1 Å². The number of carbonyl (C=O) groups excluding carboxylic acids is 1. The van der Waals surface area contributed by atoms with E-state index in [2.05, 4.69) is 5.32 Å². The van der Waals surface area contributed by atoms with Crippen molar-refractivity contribution in [1.29, 1.82) is 0 Å². The number of amides is 1. The van der Waals surface area contributed by atoms with Crippen LogP contribution in [0.4, 0.5) is 10.1 Å². The Balaban J connectivity index is 1.92. The number of hydrogen-bond acceptors (Lipinski definition) is 2. The maximum atomic E-state index is 13.5. The van der Waals surface area contributed by atoms with Crippen molar-refractivity contribution in [3.05, 3.63) is 64.9 Å². The largest absolute Gasteiger partial charge is 0.322 e. The van der Waals surface area contributed by atoms with Crippen LogP contribution in [-0.2, 0) is 11.2 Å². The van der Waals surface area contributed by atoms with E-state index in [4.69, 9.17) is 17.3 Å². The molecule has 0 aliphatic heterocycles. The fraction of sp³-hybridized carbons (Fsp3) is 0.188. The predicted molar refractivity (Wildman–Crippen MR) is 82.8 cm³/mol. The van der Waals surface area contributed by atoms with E-state index in [1.165, 1.54) is 18.2 Å². The molecule has 2 aromatic rings. The maximum Gasteiger partial charge on any atom is 0.241 e. The summed E-state index contributed by atoms with van der Waals surface area (Å²) in [6, 6.07) is 13.0. The molecule has 110 valence electrons. The molecule has 5 heteroatoms. The minimum absolute atomic E-state index is 0.0441. The lowest BCUT2D eigenvalue weighted by Gasteiger charge is -2.13. The van der Waals surface area contributed by atoms with Gasteiger partial charge >= 0.3 is 0 Å². The lowest BCUT2D eigenvalue weighted by molar-refractivity contribution is -0.117. The summed E-state index contributed by atoms with van der Waals surface area (Å²) >= 11 is 5.77. The van der Waals surface area contributed by atoms with Gasteiger partial charge in [-0.3, -0.25) is 4.79 Å². The lowest BCUT2D eigenvalue weighted by Crippen LogP contribution is -2.36. The summed E-state index contributed by atoms with van der Waals surface area (Å²) < 4.78 is 13.5. The number of nitrogens with two attached hydrogens (primary N) is 1. The Labute approximate surface area is 127 Å². The molecule has 1 unspecified atom stereocenters. The first-order valence-electron chi connectivity index (χ1n) is 6.61. The van der Waals surface area contributed by atoms with Crippen LogP contribution in [0.2, 0.25) is 5.02 Å². The highest BCUT2D eigenvalue weighted by Crippen LogP contribution is 2.19. The van der Waals surface area contributed by atoms with Crippen LogP contribution in [0.1, 0.15) is 12.0 Å². The van der Waals surface area contributed by atoms with Gasteiger partial charge < -0.3 is 11.1 Å². The smallest absolute Gasteiger partial charge is 0.241 e. The molecular weight excluding hydrogens is 291 g/mol. The average Bonchev–Trinajstić information content (AvgIpc) is 2.49. The summed E-state index contributed by atoms with van der Waals surface area (Å²) in [5, 5.41) is 2.82. The summed E-state index contributed by atoms with van der Waals surface area (Å²) in [6.07, 6.45) is 1.17. The Bertz CT molecular complexity index is 619. The molecule has 0 aliphatic carbocycles. The van der Waals surface area contributed by atoms with Crippen LogP contribution in [0, 0.1) is 5.82 Å². The van der Waals surface area contributed by atoms with E-state index < -0.39 is 17.8 Å². The van der Waals surface area contributed by atoms with Crippen molar-refractivity contribution in [2.24, 2.45) is 5.73 Å². The van der Waals surface area contributed by atoms with E-state index in [-0.39, 0.29) is 5.69 Å². The van der Waals surface area contributed by atoms with Crippen molar-refractivity contribution in [3.63, 3.8) is 0 Å². The molecule has 0 heterocycles. The first-order valence-corrected chi connectivity index (χ1v) is 6.99. The molecule has 21 heavy (non-hydrogen) atoms. The van der Waals surface area contributed by atoms with Crippen LogP contribution in [0.5, 0.6) is 0 Å². The van der Waals surface area contributed by atoms with Crippen molar-refractivity contribution < 1.29 is 9.18 Å². The van der Waals surface area contributed by atoms with E-state index in [9.17, 15) is 9.18 Å². The zero-order valence-corrected chi connectivity index (χ0v) is 12.1. The molecule has 2 aromatic carbocycles.